The van der Waals surface area contributed by atoms with E-state index >= 15 is 0 Å². The second kappa shape index (κ2) is 8.68. The first-order chi connectivity index (χ1) is 10.1. The number of piperidine rings is 1. The number of aromatic nitrogens is 2. The van der Waals surface area contributed by atoms with Gasteiger partial charge in [0.15, 0.2) is 0 Å². The molecule has 128 valence electrons. The lowest BCUT2D eigenvalue weighted by Crippen LogP contribution is -2.50. The molecule has 1 aliphatic heterocycles. The zero-order valence-corrected chi connectivity index (χ0v) is 15.5. The molecule has 2 unspecified atom stereocenters. The maximum absolute atomic E-state index is 12.3. The topological polar surface area (TPSA) is 69.8 Å². The fourth-order valence-electron chi connectivity index (χ4n) is 2.60. The van der Waals surface area contributed by atoms with Gasteiger partial charge in [0.2, 0.25) is 0 Å². The summed E-state index contributed by atoms with van der Waals surface area (Å²) in [6.45, 7) is 6.03. The van der Waals surface area contributed by atoms with Gasteiger partial charge in [-0.15, -0.1) is 36.2 Å². The molecule has 2 atom stereocenters. The predicted octanol–water partition coefficient (Wildman–Crippen LogP) is 3.02. The highest BCUT2D eigenvalue weighted by Gasteiger charge is 2.23. The van der Waals surface area contributed by atoms with Crippen molar-refractivity contribution in [1.82, 2.24) is 20.6 Å². The van der Waals surface area contributed by atoms with Crippen LogP contribution < -0.4 is 10.6 Å². The van der Waals surface area contributed by atoms with E-state index in [2.05, 4.69) is 27.5 Å². The molecule has 2 aromatic heterocycles. The molecule has 1 fully saturated rings. The van der Waals surface area contributed by atoms with E-state index in [0.717, 1.165) is 35.8 Å². The van der Waals surface area contributed by atoms with E-state index in [-0.39, 0.29) is 36.8 Å². The van der Waals surface area contributed by atoms with Crippen molar-refractivity contribution in [2.24, 2.45) is 5.92 Å². The minimum absolute atomic E-state index is 0. The Labute approximate surface area is 152 Å². The van der Waals surface area contributed by atoms with Crippen LogP contribution in [0.2, 0.25) is 0 Å². The van der Waals surface area contributed by atoms with E-state index in [4.69, 9.17) is 0 Å². The maximum atomic E-state index is 12.3. The highest BCUT2D eigenvalue weighted by atomic mass is 35.5. The highest BCUT2D eigenvalue weighted by Crippen LogP contribution is 2.22. The Morgan fingerprint density at radius 2 is 2.22 bits per heavy atom. The molecule has 23 heavy (non-hydrogen) atoms. The fraction of sp³-hybridized carbons (Fsp3) is 0.467. The highest BCUT2D eigenvalue weighted by molar-refractivity contribution is 7.09. The summed E-state index contributed by atoms with van der Waals surface area (Å²) >= 11 is 1.61. The van der Waals surface area contributed by atoms with Crippen molar-refractivity contribution >= 4 is 42.1 Å². The maximum Gasteiger partial charge on any atom is 0.267 e. The first-order valence-corrected chi connectivity index (χ1v) is 8.14. The summed E-state index contributed by atoms with van der Waals surface area (Å²) in [5.74, 6) is 0.458. The molecule has 3 heterocycles. The Morgan fingerprint density at radius 1 is 1.43 bits per heavy atom. The van der Waals surface area contributed by atoms with Gasteiger partial charge in [-0.25, -0.2) is 4.98 Å². The number of nitrogens with one attached hydrogen (secondary N) is 3. The number of hydrogen-bond donors (Lipinski definition) is 3. The van der Waals surface area contributed by atoms with Gasteiger partial charge in [0.05, 0.1) is 10.7 Å². The van der Waals surface area contributed by atoms with Crippen molar-refractivity contribution in [2.75, 3.05) is 13.1 Å². The molecule has 8 heteroatoms. The van der Waals surface area contributed by atoms with Gasteiger partial charge in [-0.05, 0) is 31.9 Å². The Bertz CT molecular complexity index is 643. The van der Waals surface area contributed by atoms with Crippen LogP contribution in [-0.2, 0) is 0 Å². The Hall–Kier alpha value is -1.08. The third kappa shape index (κ3) is 4.70. The third-order valence-electron chi connectivity index (χ3n) is 3.99. The van der Waals surface area contributed by atoms with Crippen LogP contribution >= 0.6 is 36.2 Å². The second-order valence-electron chi connectivity index (χ2n) is 5.60. The summed E-state index contributed by atoms with van der Waals surface area (Å²) in [4.78, 5) is 19.8. The predicted molar refractivity (Wildman–Crippen MR) is 99.0 cm³/mol. The minimum atomic E-state index is -0.0475. The third-order valence-corrected chi connectivity index (χ3v) is 4.76. The molecule has 0 aliphatic carbocycles. The number of hydrogen-bond acceptors (Lipinski definition) is 4. The zero-order valence-electron chi connectivity index (χ0n) is 13.1. The lowest BCUT2D eigenvalue weighted by molar-refractivity contribution is 0.0911. The van der Waals surface area contributed by atoms with Crippen LogP contribution in [0.25, 0.3) is 11.3 Å². The smallest absolute Gasteiger partial charge is 0.267 e. The summed E-state index contributed by atoms with van der Waals surface area (Å²) in [6.07, 6.45) is 2.94. The number of carbonyl (C=O) groups excluding carboxylic acids is 1. The number of thiazole rings is 1. The van der Waals surface area contributed by atoms with Gasteiger partial charge >= 0.3 is 0 Å². The molecule has 3 rings (SSSR count). The van der Waals surface area contributed by atoms with Crippen molar-refractivity contribution in [3.8, 4) is 11.3 Å². The van der Waals surface area contributed by atoms with Gasteiger partial charge in [-0.1, -0.05) is 6.92 Å². The second-order valence-corrected chi connectivity index (χ2v) is 6.67. The number of amides is 1. The molecule has 0 spiro atoms. The number of rotatable bonds is 3. The lowest BCUT2D eigenvalue weighted by Gasteiger charge is -2.30. The molecular formula is C15H22Cl2N4OS. The fourth-order valence-corrected chi connectivity index (χ4v) is 3.22. The standard InChI is InChI=1S/C15H20N4OS.2ClH/c1-9-3-4-16-7-13(9)19-15(20)12-5-11(6-17-12)14-8-21-10(2)18-14;;/h5-6,8-9,13,16-17H,3-4,7H2,1-2H3,(H,19,20);2*1H. The van der Waals surface area contributed by atoms with Gasteiger partial charge in [-0.2, -0.15) is 0 Å². The van der Waals surface area contributed by atoms with Crippen LogP contribution in [0.1, 0.15) is 28.8 Å². The first kappa shape index (κ1) is 20.0. The molecule has 0 bridgehead atoms. The number of nitrogens with zero attached hydrogens (tertiary/aromatic N) is 1. The molecule has 2 aromatic rings. The van der Waals surface area contributed by atoms with Crippen LogP contribution in [0.15, 0.2) is 17.6 Å². The Morgan fingerprint density at radius 3 is 2.87 bits per heavy atom. The number of halogens is 2. The minimum Gasteiger partial charge on any atom is -0.357 e. The SMILES string of the molecule is Cc1nc(-c2c[nH]c(C(=O)NC3CNCCC3C)c2)cs1.Cl.Cl. The average Bonchev–Trinajstić information content (AvgIpc) is 3.10. The van der Waals surface area contributed by atoms with Crippen LogP contribution in [0.3, 0.4) is 0 Å². The number of carbonyl (C=O) groups is 1. The van der Waals surface area contributed by atoms with Gasteiger partial charge in [0.1, 0.15) is 5.69 Å². The first-order valence-electron chi connectivity index (χ1n) is 7.26. The summed E-state index contributed by atoms with van der Waals surface area (Å²) in [7, 11) is 0. The Balaban J connectivity index is 0.00000132. The van der Waals surface area contributed by atoms with E-state index in [1.54, 1.807) is 11.3 Å². The van der Waals surface area contributed by atoms with E-state index in [1.165, 1.54) is 0 Å². The monoisotopic (exact) mass is 376 g/mol. The van der Waals surface area contributed by atoms with Crippen LogP contribution in [-0.4, -0.2) is 35.0 Å². The molecular weight excluding hydrogens is 355 g/mol. The summed E-state index contributed by atoms with van der Waals surface area (Å²) in [5.41, 5.74) is 2.47. The Kier molecular flexibility index (Phi) is 7.54. The molecule has 1 saturated heterocycles. The number of H-pyrrole nitrogens is 1. The summed E-state index contributed by atoms with van der Waals surface area (Å²) in [6, 6.07) is 2.06. The van der Waals surface area contributed by atoms with Crippen LogP contribution in [0.5, 0.6) is 0 Å². The average molecular weight is 377 g/mol. The van der Waals surface area contributed by atoms with Crippen molar-refractivity contribution in [1.29, 1.82) is 0 Å². The lowest BCUT2D eigenvalue weighted by atomic mass is 9.95. The number of aryl methyl sites for hydroxylation is 1. The van der Waals surface area contributed by atoms with Crippen molar-refractivity contribution in [3.05, 3.63) is 28.3 Å². The van der Waals surface area contributed by atoms with Crippen LogP contribution in [0.4, 0.5) is 0 Å². The molecule has 3 N–H and O–H groups in total. The number of aromatic amines is 1. The van der Waals surface area contributed by atoms with E-state index in [1.807, 2.05) is 24.6 Å². The zero-order chi connectivity index (χ0) is 14.8. The van der Waals surface area contributed by atoms with Gasteiger partial charge in [-0.3, -0.25) is 4.79 Å². The molecule has 1 amide bonds. The molecule has 1 aliphatic rings. The normalized spacial score (nSPS) is 20.3. The van der Waals surface area contributed by atoms with Crippen molar-refractivity contribution < 1.29 is 4.79 Å². The van der Waals surface area contributed by atoms with Crippen molar-refractivity contribution in [3.63, 3.8) is 0 Å². The van der Waals surface area contributed by atoms with Crippen molar-refractivity contribution in [2.45, 2.75) is 26.3 Å². The summed E-state index contributed by atoms with van der Waals surface area (Å²) in [5, 5.41) is 9.46. The van der Waals surface area contributed by atoms with Crippen LogP contribution in [0, 0.1) is 12.8 Å². The largest absolute Gasteiger partial charge is 0.357 e. The molecule has 5 nitrogen and oxygen atoms in total. The van der Waals surface area contributed by atoms with E-state index in [0.29, 0.717) is 11.6 Å². The van der Waals surface area contributed by atoms with Gasteiger partial charge in [0.25, 0.3) is 5.91 Å². The van der Waals surface area contributed by atoms with E-state index < -0.39 is 0 Å². The molecule has 0 aromatic carbocycles. The molecule has 0 saturated carbocycles. The quantitative estimate of drug-likeness (QED) is 0.770. The van der Waals surface area contributed by atoms with Gasteiger partial charge < -0.3 is 15.6 Å². The summed E-state index contributed by atoms with van der Waals surface area (Å²) < 4.78 is 0. The van der Waals surface area contributed by atoms with Gasteiger partial charge in [0, 0.05) is 29.7 Å². The molecule has 0 radical (unpaired) electrons. The van der Waals surface area contributed by atoms with E-state index in [9.17, 15) is 4.79 Å².